The molecule has 2 amide bonds. The lowest BCUT2D eigenvalue weighted by Gasteiger charge is -2.12. The Morgan fingerprint density at radius 1 is 0.943 bits per heavy atom. The number of carbonyl (C=O) groups excluding carboxylic acids is 2. The average Bonchev–Trinajstić information content (AvgIpc) is 3.27. The molecule has 0 aliphatic carbocycles. The molecule has 4 rings (SSSR count). The molecule has 0 bridgehead atoms. The Kier molecular flexibility index (Phi) is 7.79. The Morgan fingerprint density at radius 2 is 1.66 bits per heavy atom. The van der Waals surface area contributed by atoms with Crippen LogP contribution in [0.4, 0.5) is 11.4 Å². The van der Waals surface area contributed by atoms with Crippen LogP contribution >= 0.6 is 11.8 Å². The molecule has 0 unspecified atom stereocenters. The summed E-state index contributed by atoms with van der Waals surface area (Å²) < 4.78 is 7.77. The van der Waals surface area contributed by atoms with Gasteiger partial charge >= 0.3 is 0 Å². The number of hydrogen-bond donors (Lipinski definition) is 2. The van der Waals surface area contributed by atoms with E-state index in [1.165, 1.54) is 18.7 Å². The van der Waals surface area contributed by atoms with Crippen molar-refractivity contribution in [2.75, 3.05) is 16.4 Å². The lowest BCUT2D eigenvalue weighted by molar-refractivity contribution is -0.114. The van der Waals surface area contributed by atoms with Crippen molar-refractivity contribution >= 4 is 35.0 Å². The second-order valence-corrected chi connectivity index (χ2v) is 8.66. The van der Waals surface area contributed by atoms with Gasteiger partial charge in [-0.05, 0) is 48.9 Å². The van der Waals surface area contributed by atoms with Crippen LogP contribution in [-0.2, 0) is 16.2 Å². The second kappa shape index (κ2) is 11.3. The topological polar surface area (TPSA) is 98.1 Å². The molecule has 9 heteroatoms. The van der Waals surface area contributed by atoms with Crippen molar-refractivity contribution in [1.82, 2.24) is 14.8 Å². The van der Waals surface area contributed by atoms with Crippen molar-refractivity contribution in [2.45, 2.75) is 25.6 Å². The van der Waals surface area contributed by atoms with Crippen molar-refractivity contribution in [1.29, 1.82) is 0 Å². The van der Waals surface area contributed by atoms with Gasteiger partial charge in [0.25, 0.3) is 0 Å². The molecule has 1 aromatic heterocycles. The highest BCUT2D eigenvalue weighted by molar-refractivity contribution is 7.99. The van der Waals surface area contributed by atoms with Crippen LogP contribution in [0.15, 0.2) is 84.0 Å². The third-order valence-corrected chi connectivity index (χ3v) is 5.92. The largest absolute Gasteiger partial charge is 0.486 e. The van der Waals surface area contributed by atoms with E-state index in [0.717, 1.165) is 17.0 Å². The number of benzene rings is 3. The van der Waals surface area contributed by atoms with E-state index in [4.69, 9.17) is 4.74 Å². The number of nitrogens with zero attached hydrogens (tertiary/aromatic N) is 3. The minimum Gasteiger partial charge on any atom is -0.486 e. The monoisotopic (exact) mass is 487 g/mol. The standard InChI is InChI=1S/C26H25N5O3S/c1-18-13-14-20(27-19(2)32)15-23(18)28-25(33)17-35-26-30-29-24(16-34-22-11-7-4-8-12-22)31(26)21-9-5-3-6-10-21/h3-15H,16-17H2,1-2H3,(H,27,32)(H,28,33). The number of anilines is 2. The Bertz CT molecular complexity index is 1310. The summed E-state index contributed by atoms with van der Waals surface area (Å²) in [4.78, 5) is 24.1. The lowest BCUT2D eigenvalue weighted by atomic mass is 10.2. The summed E-state index contributed by atoms with van der Waals surface area (Å²) in [6.07, 6.45) is 0. The number of carbonyl (C=O) groups is 2. The van der Waals surface area contributed by atoms with E-state index in [9.17, 15) is 9.59 Å². The molecule has 0 spiro atoms. The fourth-order valence-corrected chi connectivity index (χ4v) is 4.11. The Hall–Kier alpha value is -4.11. The molecule has 0 saturated heterocycles. The molecule has 35 heavy (non-hydrogen) atoms. The smallest absolute Gasteiger partial charge is 0.234 e. The first kappa shape index (κ1) is 24.0. The maximum absolute atomic E-state index is 12.7. The quantitative estimate of drug-likeness (QED) is 0.328. The fraction of sp³-hybridized carbons (Fsp3) is 0.154. The number of aromatic nitrogens is 3. The second-order valence-electron chi connectivity index (χ2n) is 7.72. The molecule has 4 aromatic rings. The molecular formula is C26H25N5O3S. The molecule has 0 radical (unpaired) electrons. The first-order valence-electron chi connectivity index (χ1n) is 11.0. The number of para-hydroxylation sites is 2. The number of aryl methyl sites for hydroxylation is 1. The zero-order valence-corrected chi connectivity index (χ0v) is 20.2. The molecule has 0 aliphatic rings. The summed E-state index contributed by atoms with van der Waals surface area (Å²) in [7, 11) is 0. The predicted molar refractivity (Wildman–Crippen MR) is 137 cm³/mol. The van der Waals surface area contributed by atoms with E-state index in [2.05, 4.69) is 20.8 Å². The van der Waals surface area contributed by atoms with Gasteiger partial charge in [0.2, 0.25) is 11.8 Å². The Balaban J connectivity index is 1.47. The SMILES string of the molecule is CC(=O)Nc1ccc(C)c(NC(=O)CSc2nnc(COc3ccccc3)n2-c2ccccc2)c1. The van der Waals surface area contributed by atoms with Gasteiger partial charge in [0.05, 0.1) is 5.75 Å². The first-order chi connectivity index (χ1) is 17.0. The van der Waals surface area contributed by atoms with Crippen LogP contribution in [0.2, 0.25) is 0 Å². The van der Waals surface area contributed by atoms with Crippen molar-refractivity contribution in [2.24, 2.45) is 0 Å². The zero-order chi connectivity index (χ0) is 24.6. The average molecular weight is 488 g/mol. The molecule has 0 atom stereocenters. The molecule has 0 fully saturated rings. The maximum atomic E-state index is 12.7. The van der Waals surface area contributed by atoms with Gasteiger partial charge in [0, 0.05) is 24.0 Å². The normalized spacial score (nSPS) is 10.6. The Morgan fingerprint density at radius 3 is 2.37 bits per heavy atom. The molecule has 1 heterocycles. The summed E-state index contributed by atoms with van der Waals surface area (Å²) in [6.45, 7) is 3.57. The minimum absolute atomic E-state index is 0.133. The summed E-state index contributed by atoms with van der Waals surface area (Å²) in [5.74, 6) is 1.13. The third-order valence-electron chi connectivity index (χ3n) is 4.99. The van der Waals surface area contributed by atoms with Gasteiger partial charge in [-0.15, -0.1) is 10.2 Å². The van der Waals surface area contributed by atoms with E-state index in [1.807, 2.05) is 78.2 Å². The van der Waals surface area contributed by atoms with Gasteiger partial charge in [-0.1, -0.05) is 54.2 Å². The first-order valence-corrected chi connectivity index (χ1v) is 12.0. The molecule has 3 aromatic carbocycles. The highest BCUT2D eigenvalue weighted by atomic mass is 32.2. The lowest BCUT2D eigenvalue weighted by Crippen LogP contribution is -2.16. The van der Waals surface area contributed by atoms with Crippen molar-refractivity contribution in [3.63, 3.8) is 0 Å². The summed E-state index contributed by atoms with van der Waals surface area (Å²) in [5, 5.41) is 14.9. The summed E-state index contributed by atoms with van der Waals surface area (Å²) in [5.41, 5.74) is 3.04. The van der Waals surface area contributed by atoms with Crippen LogP contribution in [0.5, 0.6) is 5.75 Å². The van der Waals surface area contributed by atoms with Crippen LogP contribution in [0.25, 0.3) is 5.69 Å². The van der Waals surface area contributed by atoms with Crippen LogP contribution in [0.3, 0.4) is 0 Å². The number of rotatable bonds is 9. The molecule has 0 saturated carbocycles. The van der Waals surface area contributed by atoms with Crippen molar-refractivity contribution < 1.29 is 14.3 Å². The van der Waals surface area contributed by atoms with Crippen LogP contribution in [0.1, 0.15) is 18.3 Å². The third kappa shape index (κ3) is 6.48. The fourth-order valence-electron chi connectivity index (χ4n) is 3.34. The number of hydrogen-bond acceptors (Lipinski definition) is 6. The zero-order valence-electron chi connectivity index (χ0n) is 19.4. The number of thioether (sulfide) groups is 1. The molecular weight excluding hydrogens is 462 g/mol. The number of ether oxygens (including phenoxy) is 1. The summed E-state index contributed by atoms with van der Waals surface area (Å²) >= 11 is 1.28. The van der Waals surface area contributed by atoms with Crippen LogP contribution in [0, 0.1) is 6.92 Å². The minimum atomic E-state index is -0.192. The highest BCUT2D eigenvalue weighted by Crippen LogP contribution is 2.25. The van der Waals surface area contributed by atoms with Gasteiger partial charge in [0.15, 0.2) is 11.0 Å². The molecule has 8 nitrogen and oxygen atoms in total. The van der Waals surface area contributed by atoms with E-state index < -0.39 is 0 Å². The molecule has 178 valence electrons. The van der Waals surface area contributed by atoms with E-state index in [-0.39, 0.29) is 24.2 Å². The number of amides is 2. The van der Waals surface area contributed by atoms with Crippen LogP contribution in [-0.4, -0.2) is 32.3 Å². The number of nitrogens with one attached hydrogen (secondary N) is 2. The van der Waals surface area contributed by atoms with Gasteiger partial charge in [-0.2, -0.15) is 0 Å². The molecule has 0 aliphatic heterocycles. The maximum Gasteiger partial charge on any atom is 0.234 e. The highest BCUT2D eigenvalue weighted by Gasteiger charge is 2.17. The van der Waals surface area contributed by atoms with Gasteiger partial charge in [0.1, 0.15) is 12.4 Å². The van der Waals surface area contributed by atoms with Gasteiger partial charge < -0.3 is 15.4 Å². The van der Waals surface area contributed by atoms with Gasteiger partial charge in [-0.25, -0.2) is 0 Å². The van der Waals surface area contributed by atoms with Crippen molar-refractivity contribution in [3.05, 3.63) is 90.3 Å². The Labute approximate surface area is 207 Å². The van der Waals surface area contributed by atoms with E-state index in [1.54, 1.807) is 12.1 Å². The summed E-state index contributed by atoms with van der Waals surface area (Å²) in [6, 6.07) is 24.6. The van der Waals surface area contributed by atoms with Crippen molar-refractivity contribution in [3.8, 4) is 11.4 Å². The van der Waals surface area contributed by atoms with E-state index in [0.29, 0.717) is 22.4 Å². The van der Waals surface area contributed by atoms with Crippen LogP contribution < -0.4 is 15.4 Å². The molecule has 2 N–H and O–H groups in total. The van der Waals surface area contributed by atoms with E-state index >= 15 is 0 Å². The van der Waals surface area contributed by atoms with Gasteiger partial charge in [-0.3, -0.25) is 14.2 Å². The predicted octanol–water partition coefficient (Wildman–Crippen LogP) is 4.84.